The molecule has 0 spiro atoms. The minimum Gasteiger partial charge on any atom is -0.478 e. The maximum atomic E-state index is 10.9. The molecule has 0 amide bonds. The second-order valence-electron chi connectivity index (χ2n) is 10.2. The van der Waals surface area contributed by atoms with Crippen molar-refractivity contribution in [3.63, 3.8) is 0 Å². The number of carboxylic acid groups (broad SMARTS) is 1. The number of aryl methyl sites for hydroxylation is 2. The molecule has 0 saturated carbocycles. The van der Waals surface area contributed by atoms with E-state index in [0.717, 1.165) is 31.1 Å². The number of benzene rings is 1. The maximum Gasteiger partial charge on any atom is 0.328 e. The summed E-state index contributed by atoms with van der Waals surface area (Å²) in [5, 5.41) is 8.92. The topological polar surface area (TPSA) is 50.4 Å². The smallest absolute Gasteiger partial charge is 0.328 e. The number of furan rings is 1. The lowest BCUT2D eigenvalue weighted by atomic mass is 9.62. The predicted octanol–water partition coefficient (Wildman–Crippen LogP) is 6.50. The van der Waals surface area contributed by atoms with Crippen molar-refractivity contribution >= 4 is 12.0 Å². The second kappa shape index (κ2) is 6.90. The van der Waals surface area contributed by atoms with E-state index in [2.05, 4.69) is 46.8 Å². The van der Waals surface area contributed by atoms with Gasteiger partial charge in [0.15, 0.2) is 0 Å². The van der Waals surface area contributed by atoms with E-state index >= 15 is 0 Å². The highest BCUT2D eigenvalue weighted by molar-refractivity contribution is 5.84. The zero-order valence-electron chi connectivity index (χ0n) is 18.3. The van der Waals surface area contributed by atoms with Crippen molar-refractivity contribution in [2.75, 3.05) is 0 Å². The van der Waals surface area contributed by atoms with Crippen LogP contribution in [0.2, 0.25) is 0 Å². The molecule has 1 atom stereocenters. The minimum absolute atomic E-state index is 0.191. The molecular formula is C26H32O3. The number of carbonyl (C=O) groups is 1. The third-order valence-corrected chi connectivity index (χ3v) is 7.14. The molecule has 0 aliphatic heterocycles. The van der Waals surface area contributed by atoms with Gasteiger partial charge < -0.3 is 9.52 Å². The fourth-order valence-electron chi connectivity index (χ4n) is 5.25. The normalized spacial score (nSPS) is 22.3. The predicted molar refractivity (Wildman–Crippen MR) is 117 cm³/mol. The average molecular weight is 393 g/mol. The van der Waals surface area contributed by atoms with Gasteiger partial charge in [-0.05, 0) is 77.8 Å². The van der Waals surface area contributed by atoms with Crippen LogP contribution in [-0.4, -0.2) is 11.1 Å². The molecule has 1 unspecified atom stereocenters. The summed E-state index contributed by atoms with van der Waals surface area (Å²) in [6, 6.07) is 6.96. The van der Waals surface area contributed by atoms with Crippen molar-refractivity contribution in [3.05, 3.63) is 63.6 Å². The first-order valence-corrected chi connectivity index (χ1v) is 10.8. The van der Waals surface area contributed by atoms with Crippen LogP contribution in [-0.2, 0) is 22.0 Å². The van der Waals surface area contributed by atoms with E-state index < -0.39 is 5.97 Å². The standard InChI is InChI=1S/C26H32O3/c1-16-13-21-22(26(4,5)12-11-25(21,2)3)15-19(16)18-7-6-8-23-20(18)14-17(29-23)9-10-24(27)28/h9-10,13-15,18H,6-8,11-12H2,1-5H3,(H,27,28). The van der Waals surface area contributed by atoms with Crippen molar-refractivity contribution in [2.24, 2.45) is 0 Å². The molecule has 0 fully saturated rings. The van der Waals surface area contributed by atoms with Gasteiger partial charge >= 0.3 is 5.97 Å². The molecule has 0 bridgehead atoms. The lowest BCUT2D eigenvalue weighted by Gasteiger charge is -2.43. The molecule has 2 aliphatic rings. The van der Waals surface area contributed by atoms with Crippen LogP contribution in [0, 0.1) is 6.92 Å². The third-order valence-electron chi connectivity index (χ3n) is 7.14. The van der Waals surface area contributed by atoms with Crippen LogP contribution < -0.4 is 0 Å². The Balaban J connectivity index is 1.80. The molecule has 3 heteroatoms. The molecule has 0 radical (unpaired) electrons. The van der Waals surface area contributed by atoms with Gasteiger partial charge in [-0.2, -0.15) is 0 Å². The number of hydrogen-bond donors (Lipinski definition) is 1. The quantitative estimate of drug-likeness (QED) is 0.606. The SMILES string of the molecule is Cc1cc2c(cc1C1CCCc3oc(C=CC(=O)O)cc31)C(C)(C)CCC2(C)C. The Morgan fingerprint density at radius 2 is 1.72 bits per heavy atom. The summed E-state index contributed by atoms with van der Waals surface area (Å²) < 4.78 is 5.98. The van der Waals surface area contributed by atoms with Crippen molar-refractivity contribution in [1.82, 2.24) is 0 Å². The van der Waals surface area contributed by atoms with Gasteiger partial charge in [0.1, 0.15) is 11.5 Å². The first-order chi connectivity index (χ1) is 13.6. The molecule has 1 aromatic heterocycles. The molecule has 4 rings (SSSR count). The molecule has 2 aromatic rings. The molecule has 1 aromatic carbocycles. The van der Waals surface area contributed by atoms with Gasteiger partial charge in [0.2, 0.25) is 0 Å². The van der Waals surface area contributed by atoms with Crippen LogP contribution >= 0.6 is 0 Å². The molecule has 2 aliphatic carbocycles. The Labute approximate surface area is 173 Å². The molecule has 3 nitrogen and oxygen atoms in total. The summed E-state index contributed by atoms with van der Waals surface area (Å²) in [4.78, 5) is 10.9. The molecule has 154 valence electrons. The first-order valence-electron chi connectivity index (χ1n) is 10.8. The number of fused-ring (bicyclic) bond motifs is 2. The summed E-state index contributed by atoms with van der Waals surface area (Å²) in [7, 11) is 0. The van der Waals surface area contributed by atoms with Gasteiger partial charge in [0.05, 0.1) is 0 Å². The van der Waals surface area contributed by atoms with Crippen molar-refractivity contribution in [3.8, 4) is 0 Å². The average Bonchev–Trinajstić information content (AvgIpc) is 3.07. The van der Waals surface area contributed by atoms with Crippen molar-refractivity contribution < 1.29 is 14.3 Å². The molecule has 29 heavy (non-hydrogen) atoms. The van der Waals surface area contributed by atoms with Crippen LogP contribution in [0.5, 0.6) is 0 Å². The summed E-state index contributed by atoms with van der Waals surface area (Å²) in [6.07, 6.45) is 8.27. The largest absolute Gasteiger partial charge is 0.478 e. The lowest BCUT2D eigenvalue weighted by Crippen LogP contribution is -2.34. The molecule has 1 N–H and O–H groups in total. The van der Waals surface area contributed by atoms with Crippen molar-refractivity contribution in [2.45, 2.75) is 83.5 Å². The zero-order chi connectivity index (χ0) is 21.0. The van der Waals surface area contributed by atoms with Gasteiger partial charge in [-0.15, -0.1) is 0 Å². The Kier molecular flexibility index (Phi) is 4.76. The van der Waals surface area contributed by atoms with Crippen molar-refractivity contribution in [1.29, 1.82) is 0 Å². The van der Waals surface area contributed by atoms with Crippen LogP contribution in [0.25, 0.3) is 6.08 Å². The van der Waals surface area contributed by atoms with Gasteiger partial charge in [-0.1, -0.05) is 39.8 Å². The monoisotopic (exact) mass is 392 g/mol. The van der Waals surface area contributed by atoms with Crippen LogP contribution in [0.15, 0.2) is 28.7 Å². The van der Waals surface area contributed by atoms with E-state index in [1.54, 1.807) is 6.08 Å². The molecular weight excluding hydrogens is 360 g/mol. The van der Waals surface area contributed by atoms with Crippen LogP contribution in [0.1, 0.15) is 98.6 Å². The van der Waals surface area contributed by atoms with Gasteiger partial charge in [0.25, 0.3) is 0 Å². The maximum absolute atomic E-state index is 10.9. The summed E-state index contributed by atoms with van der Waals surface area (Å²) >= 11 is 0. The fourth-order valence-corrected chi connectivity index (χ4v) is 5.25. The Morgan fingerprint density at radius 3 is 2.38 bits per heavy atom. The number of carboxylic acids is 1. The summed E-state index contributed by atoms with van der Waals surface area (Å²) in [6.45, 7) is 11.7. The number of hydrogen-bond acceptors (Lipinski definition) is 2. The Hall–Kier alpha value is -2.29. The number of rotatable bonds is 3. The van der Waals surface area contributed by atoms with Gasteiger partial charge in [0, 0.05) is 24.0 Å². The summed E-state index contributed by atoms with van der Waals surface area (Å²) in [5.41, 5.74) is 7.41. The Bertz CT molecular complexity index is 988. The highest BCUT2D eigenvalue weighted by atomic mass is 16.4. The fraction of sp³-hybridized carbons (Fsp3) is 0.500. The third kappa shape index (κ3) is 3.56. The van der Waals surface area contributed by atoms with Crippen LogP contribution in [0.3, 0.4) is 0 Å². The molecule has 1 heterocycles. The minimum atomic E-state index is -0.953. The summed E-state index contributed by atoms with van der Waals surface area (Å²) in [5.74, 6) is 1.02. The van der Waals surface area contributed by atoms with Crippen LogP contribution in [0.4, 0.5) is 0 Å². The zero-order valence-corrected chi connectivity index (χ0v) is 18.3. The highest BCUT2D eigenvalue weighted by Crippen LogP contribution is 2.49. The van der Waals surface area contributed by atoms with Gasteiger partial charge in [-0.25, -0.2) is 4.79 Å². The van der Waals surface area contributed by atoms with E-state index in [4.69, 9.17) is 9.52 Å². The first kappa shape index (κ1) is 20.0. The van der Waals surface area contributed by atoms with E-state index in [0.29, 0.717) is 11.7 Å². The lowest BCUT2D eigenvalue weighted by molar-refractivity contribution is -0.131. The molecule has 0 saturated heterocycles. The van der Waals surface area contributed by atoms with E-state index in [-0.39, 0.29) is 10.8 Å². The van der Waals surface area contributed by atoms with E-state index in [1.165, 1.54) is 40.7 Å². The van der Waals surface area contributed by atoms with E-state index in [1.807, 2.05) is 6.07 Å². The number of aliphatic carboxylic acids is 1. The second-order valence-corrected chi connectivity index (χ2v) is 10.2. The highest BCUT2D eigenvalue weighted by Gasteiger charge is 2.38. The Morgan fingerprint density at radius 1 is 1.07 bits per heavy atom. The van der Waals surface area contributed by atoms with Gasteiger partial charge in [-0.3, -0.25) is 0 Å². The van der Waals surface area contributed by atoms with E-state index in [9.17, 15) is 4.79 Å².